The number of fused-ring (bicyclic) bond motifs is 1. The fraction of sp³-hybridized carbons (Fsp3) is 0.316. The molecule has 0 spiro atoms. The van der Waals surface area contributed by atoms with Crippen LogP contribution in [0.3, 0.4) is 0 Å². The van der Waals surface area contributed by atoms with Crippen molar-refractivity contribution in [3.8, 4) is 17.2 Å². The lowest BCUT2D eigenvalue weighted by Crippen LogP contribution is -2.22. The standard InChI is InChI=1S/C19H20N2O6S/c1-12(28-14-5-7-17-18(11-14)27-9-3-8-26-17)19(22)20-15-10-13(21(23)24)4-6-16(15)25-2/h4-7,10-12H,3,8-9H2,1-2H3,(H,20,22)/t12-/m1/s1. The van der Waals surface area contributed by atoms with Crippen LogP contribution >= 0.6 is 11.8 Å². The second-order valence-electron chi connectivity index (χ2n) is 6.05. The molecule has 1 aliphatic rings. The summed E-state index contributed by atoms with van der Waals surface area (Å²) in [5, 5.41) is 13.2. The molecule has 0 fully saturated rings. The van der Waals surface area contributed by atoms with Crippen molar-refractivity contribution < 1.29 is 23.9 Å². The Morgan fingerprint density at radius 2 is 1.96 bits per heavy atom. The zero-order valence-corrected chi connectivity index (χ0v) is 16.3. The van der Waals surface area contributed by atoms with E-state index in [0.29, 0.717) is 30.5 Å². The van der Waals surface area contributed by atoms with Crippen LogP contribution in [-0.2, 0) is 4.79 Å². The maximum atomic E-state index is 12.6. The third-order valence-electron chi connectivity index (χ3n) is 4.05. The van der Waals surface area contributed by atoms with Crippen molar-refractivity contribution in [1.29, 1.82) is 0 Å². The van der Waals surface area contributed by atoms with Gasteiger partial charge in [-0.3, -0.25) is 14.9 Å². The van der Waals surface area contributed by atoms with Gasteiger partial charge in [-0.15, -0.1) is 11.8 Å². The number of nitro benzene ring substituents is 1. The molecule has 2 aromatic carbocycles. The van der Waals surface area contributed by atoms with Crippen LogP contribution < -0.4 is 19.5 Å². The molecule has 0 bridgehead atoms. The quantitative estimate of drug-likeness (QED) is 0.443. The summed E-state index contributed by atoms with van der Waals surface area (Å²) in [6.07, 6.45) is 0.820. The molecule has 0 saturated heterocycles. The number of anilines is 1. The zero-order chi connectivity index (χ0) is 20.1. The Kier molecular flexibility index (Phi) is 6.25. The lowest BCUT2D eigenvalue weighted by Gasteiger charge is -2.15. The van der Waals surface area contributed by atoms with Gasteiger partial charge in [0.05, 0.1) is 36.2 Å². The average molecular weight is 404 g/mol. The molecule has 1 amide bonds. The lowest BCUT2D eigenvalue weighted by atomic mass is 10.2. The van der Waals surface area contributed by atoms with Gasteiger partial charge in [0.2, 0.25) is 5.91 Å². The van der Waals surface area contributed by atoms with E-state index in [-0.39, 0.29) is 17.3 Å². The van der Waals surface area contributed by atoms with E-state index in [1.165, 1.54) is 37.1 Å². The van der Waals surface area contributed by atoms with E-state index in [9.17, 15) is 14.9 Å². The minimum absolute atomic E-state index is 0.126. The molecule has 148 valence electrons. The third-order valence-corrected chi connectivity index (χ3v) is 5.15. The van der Waals surface area contributed by atoms with Gasteiger partial charge in [-0.25, -0.2) is 0 Å². The number of non-ortho nitro benzene ring substituents is 1. The number of carbonyl (C=O) groups is 1. The van der Waals surface area contributed by atoms with Crippen molar-refractivity contribution in [3.63, 3.8) is 0 Å². The van der Waals surface area contributed by atoms with Crippen molar-refractivity contribution in [2.45, 2.75) is 23.5 Å². The van der Waals surface area contributed by atoms with Crippen molar-refractivity contribution >= 4 is 29.0 Å². The maximum Gasteiger partial charge on any atom is 0.271 e. The topological polar surface area (TPSA) is 99.9 Å². The number of carbonyl (C=O) groups excluding carboxylic acids is 1. The molecule has 9 heteroatoms. The summed E-state index contributed by atoms with van der Waals surface area (Å²) in [6, 6.07) is 9.61. The Labute approximate surface area is 166 Å². The second kappa shape index (κ2) is 8.83. The van der Waals surface area contributed by atoms with Crippen LogP contribution in [0, 0.1) is 10.1 Å². The van der Waals surface area contributed by atoms with E-state index in [0.717, 1.165) is 11.3 Å². The molecule has 0 unspecified atom stereocenters. The maximum absolute atomic E-state index is 12.6. The number of hydrogen-bond donors (Lipinski definition) is 1. The monoisotopic (exact) mass is 404 g/mol. The van der Waals surface area contributed by atoms with Crippen LogP contribution in [-0.4, -0.2) is 36.4 Å². The van der Waals surface area contributed by atoms with E-state index in [1.807, 2.05) is 18.2 Å². The first-order chi connectivity index (χ1) is 13.5. The second-order valence-corrected chi connectivity index (χ2v) is 7.46. The molecule has 1 atom stereocenters. The number of nitro groups is 1. The molecule has 1 N–H and O–H groups in total. The summed E-state index contributed by atoms with van der Waals surface area (Å²) in [5.41, 5.74) is 0.132. The fourth-order valence-electron chi connectivity index (χ4n) is 2.62. The molecular weight excluding hydrogens is 384 g/mol. The number of nitrogens with one attached hydrogen (secondary N) is 1. The Morgan fingerprint density at radius 3 is 2.68 bits per heavy atom. The summed E-state index contributed by atoms with van der Waals surface area (Å²) in [7, 11) is 1.44. The third kappa shape index (κ3) is 4.66. The Balaban J connectivity index is 1.71. The highest BCUT2D eigenvalue weighted by molar-refractivity contribution is 8.00. The molecule has 1 aliphatic heterocycles. The fourth-order valence-corrected chi connectivity index (χ4v) is 3.51. The van der Waals surface area contributed by atoms with Crippen LogP contribution in [0.1, 0.15) is 13.3 Å². The van der Waals surface area contributed by atoms with Gasteiger partial charge in [0.1, 0.15) is 5.75 Å². The summed E-state index contributed by atoms with van der Waals surface area (Å²) >= 11 is 1.35. The normalized spacial score (nSPS) is 13.9. The predicted molar refractivity (Wildman–Crippen MR) is 106 cm³/mol. The number of rotatable bonds is 6. The first-order valence-electron chi connectivity index (χ1n) is 8.67. The smallest absolute Gasteiger partial charge is 0.271 e. The van der Waals surface area contributed by atoms with E-state index in [2.05, 4.69) is 5.32 Å². The predicted octanol–water partition coefficient (Wildman–Crippen LogP) is 3.88. The highest BCUT2D eigenvalue weighted by Gasteiger charge is 2.20. The Bertz CT molecular complexity index is 889. The molecule has 1 heterocycles. The number of benzene rings is 2. The van der Waals surface area contributed by atoms with Gasteiger partial charge in [-0.2, -0.15) is 0 Å². The lowest BCUT2D eigenvalue weighted by molar-refractivity contribution is -0.384. The van der Waals surface area contributed by atoms with Crippen LogP contribution in [0.2, 0.25) is 0 Å². The van der Waals surface area contributed by atoms with Gasteiger partial charge >= 0.3 is 0 Å². The first kappa shape index (κ1) is 19.8. The van der Waals surface area contributed by atoms with Gasteiger partial charge in [0, 0.05) is 23.4 Å². The molecular formula is C19H20N2O6S. The molecule has 3 rings (SSSR count). The Morgan fingerprint density at radius 1 is 1.21 bits per heavy atom. The Hall–Kier alpha value is -2.94. The molecule has 0 aliphatic carbocycles. The number of ether oxygens (including phenoxy) is 3. The van der Waals surface area contributed by atoms with Crippen LogP contribution in [0.15, 0.2) is 41.3 Å². The largest absolute Gasteiger partial charge is 0.495 e. The molecule has 28 heavy (non-hydrogen) atoms. The van der Waals surface area contributed by atoms with Crippen molar-refractivity contribution in [1.82, 2.24) is 0 Å². The summed E-state index contributed by atoms with van der Waals surface area (Å²) in [4.78, 5) is 23.9. The highest BCUT2D eigenvalue weighted by Crippen LogP contribution is 2.36. The van der Waals surface area contributed by atoms with Crippen molar-refractivity contribution in [3.05, 3.63) is 46.5 Å². The molecule has 0 aromatic heterocycles. The molecule has 0 radical (unpaired) electrons. The number of methoxy groups -OCH3 is 1. The van der Waals surface area contributed by atoms with Gasteiger partial charge in [-0.05, 0) is 31.2 Å². The van der Waals surface area contributed by atoms with E-state index < -0.39 is 10.2 Å². The molecule has 0 saturated carbocycles. The minimum Gasteiger partial charge on any atom is -0.495 e. The van der Waals surface area contributed by atoms with Crippen LogP contribution in [0.4, 0.5) is 11.4 Å². The number of hydrogen-bond acceptors (Lipinski definition) is 7. The van der Waals surface area contributed by atoms with Gasteiger partial charge in [-0.1, -0.05) is 0 Å². The van der Waals surface area contributed by atoms with E-state index in [4.69, 9.17) is 14.2 Å². The van der Waals surface area contributed by atoms with Crippen LogP contribution in [0.25, 0.3) is 0 Å². The number of amides is 1. The summed E-state index contributed by atoms with van der Waals surface area (Å²) in [6.45, 7) is 2.96. The van der Waals surface area contributed by atoms with Gasteiger partial charge in [0.15, 0.2) is 11.5 Å². The number of thioether (sulfide) groups is 1. The van der Waals surface area contributed by atoms with E-state index >= 15 is 0 Å². The van der Waals surface area contributed by atoms with Crippen molar-refractivity contribution in [2.24, 2.45) is 0 Å². The van der Waals surface area contributed by atoms with Crippen LogP contribution in [0.5, 0.6) is 17.2 Å². The van der Waals surface area contributed by atoms with Gasteiger partial charge < -0.3 is 19.5 Å². The SMILES string of the molecule is COc1ccc([N+](=O)[O-])cc1NC(=O)[C@@H](C)Sc1ccc2c(c1)OCCCO2. The number of nitrogens with zero attached hydrogens (tertiary/aromatic N) is 1. The van der Waals surface area contributed by atoms with E-state index in [1.54, 1.807) is 6.92 Å². The zero-order valence-electron chi connectivity index (χ0n) is 15.5. The highest BCUT2D eigenvalue weighted by atomic mass is 32.2. The van der Waals surface area contributed by atoms with Crippen molar-refractivity contribution in [2.75, 3.05) is 25.6 Å². The summed E-state index contributed by atoms with van der Waals surface area (Å²) < 4.78 is 16.5. The van der Waals surface area contributed by atoms with Gasteiger partial charge in [0.25, 0.3) is 5.69 Å². The summed E-state index contributed by atoms with van der Waals surface area (Å²) in [5.74, 6) is 1.42. The average Bonchev–Trinajstić information content (AvgIpc) is 2.92. The molecule has 2 aromatic rings. The minimum atomic E-state index is -0.523. The first-order valence-corrected chi connectivity index (χ1v) is 9.55. The molecule has 8 nitrogen and oxygen atoms in total.